The molecule has 0 spiro atoms. The topological polar surface area (TPSA) is 74.7 Å². The van der Waals surface area contributed by atoms with Crippen LogP contribution in [0.2, 0.25) is 0 Å². The maximum atomic E-state index is 12.8. The van der Waals surface area contributed by atoms with E-state index >= 15 is 0 Å². The zero-order chi connectivity index (χ0) is 21.2. The quantitative estimate of drug-likeness (QED) is 0.724. The van der Waals surface area contributed by atoms with Gasteiger partial charge in [-0.3, -0.25) is 14.5 Å². The van der Waals surface area contributed by atoms with E-state index in [0.29, 0.717) is 0 Å². The normalized spacial score (nSPS) is 17.1. The van der Waals surface area contributed by atoms with Gasteiger partial charge < -0.3 is 5.11 Å². The van der Waals surface area contributed by atoms with Crippen molar-refractivity contribution in [1.29, 1.82) is 0 Å². The predicted molar refractivity (Wildman–Crippen MR) is 115 cm³/mol. The molecule has 3 rings (SSSR count). The molecular weight excluding hydrogens is 386 g/mol. The fourth-order valence-electron chi connectivity index (χ4n) is 3.11. The van der Waals surface area contributed by atoms with Crippen LogP contribution in [-0.2, 0) is 21.4 Å². The van der Waals surface area contributed by atoms with E-state index in [0.717, 1.165) is 33.4 Å². The summed E-state index contributed by atoms with van der Waals surface area (Å²) in [6, 6.07) is 15.5. The Bertz CT molecular complexity index is 959. The number of carboxylic acids is 1. The third-order valence-electron chi connectivity index (χ3n) is 4.77. The second-order valence-corrected chi connectivity index (χ2v) is 8.96. The molecule has 1 fully saturated rings. The first-order valence-electron chi connectivity index (χ1n) is 9.31. The maximum absolute atomic E-state index is 12.8. The standard InChI is InChI=1S/C23H23NO4S/c1-23(2,3)17-11-9-16(10-12-17)14-19-20(25)24(22(28)29-19)18(21(26)27)13-15-7-5-4-6-8-15/h4-12,14,18H,13H2,1-3H3,(H,26,27)/b19-14-/t18-/m0/s1. The van der Waals surface area contributed by atoms with Crippen LogP contribution in [0.1, 0.15) is 37.5 Å². The van der Waals surface area contributed by atoms with Gasteiger partial charge in [-0.25, -0.2) is 4.79 Å². The first-order valence-corrected chi connectivity index (χ1v) is 10.1. The van der Waals surface area contributed by atoms with Crippen LogP contribution in [0.25, 0.3) is 6.08 Å². The zero-order valence-corrected chi connectivity index (χ0v) is 17.4. The summed E-state index contributed by atoms with van der Waals surface area (Å²) in [5, 5.41) is 9.08. The number of carboxylic acid groups (broad SMARTS) is 1. The zero-order valence-electron chi connectivity index (χ0n) is 16.6. The number of amides is 2. The fraction of sp³-hybridized carbons (Fsp3) is 0.261. The Balaban J connectivity index is 1.84. The highest BCUT2D eigenvalue weighted by molar-refractivity contribution is 8.18. The van der Waals surface area contributed by atoms with Gasteiger partial charge in [0.2, 0.25) is 0 Å². The van der Waals surface area contributed by atoms with Crippen LogP contribution in [0, 0.1) is 0 Å². The van der Waals surface area contributed by atoms with Gasteiger partial charge in [0.05, 0.1) is 4.91 Å². The molecule has 2 amide bonds. The summed E-state index contributed by atoms with van der Waals surface area (Å²) in [6.45, 7) is 6.35. The molecule has 6 heteroatoms. The molecule has 1 saturated heterocycles. The number of aliphatic carboxylic acids is 1. The molecule has 0 saturated carbocycles. The summed E-state index contributed by atoms with van der Waals surface area (Å²) in [5.41, 5.74) is 2.72. The van der Waals surface area contributed by atoms with E-state index in [1.165, 1.54) is 0 Å². The van der Waals surface area contributed by atoms with Gasteiger partial charge in [-0.05, 0) is 39.9 Å². The molecule has 2 aromatic rings. The molecule has 5 nitrogen and oxygen atoms in total. The minimum atomic E-state index is -1.24. The molecule has 0 aliphatic carbocycles. The number of hydrogen-bond acceptors (Lipinski definition) is 4. The summed E-state index contributed by atoms with van der Waals surface area (Å²) in [7, 11) is 0. The van der Waals surface area contributed by atoms with Gasteiger partial charge in [0.1, 0.15) is 6.04 Å². The van der Waals surface area contributed by atoms with Gasteiger partial charge >= 0.3 is 5.97 Å². The molecule has 0 radical (unpaired) electrons. The molecular formula is C23H23NO4S. The van der Waals surface area contributed by atoms with Gasteiger partial charge in [0.15, 0.2) is 0 Å². The van der Waals surface area contributed by atoms with Crippen LogP contribution < -0.4 is 0 Å². The first kappa shape index (κ1) is 20.9. The molecule has 1 aliphatic rings. The van der Waals surface area contributed by atoms with E-state index in [1.807, 2.05) is 30.3 Å². The van der Waals surface area contributed by atoms with Crippen LogP contribution in [0.4, 0.5) is 4.79 Å². The molecule has 1 aliphatic heterocycles. The minimum absolute atomic E-state index is 0.0164. The lowest BCUT2D eigenvalue weighted by Crippen LogP contribution is -2.45. The lowest BCUT2D eigenvalue weighted by Gasteiger charge is -2.21. The summed E-state index contributed by atoms with van der Waals surface area (Å²) >= 11 is 0.778. The van der Waals surface area contributed by atoms with Crippen molar-refractivity contribution in [2.75, 3.05) is 0 Å². The third-order valence-corrected chi connectivity index (χ3v) is 5.65. The Morgan fingerprint density at radius 3 is 2.24 bits per heavy atom. The third kappa shape index (κ3) is 4.77. The smallest absolute Gasteiger partial charge is 0.327 e. The number of thioether (sulfide) groups is 1. The summed E-state index contributed by atoms with van der Waals surface area (Å²) in [4.78, 5) is 38.2. The van der Waals surface area contributed by atoms with Crippen molar-refractivity contribution < 1.29 is 19.5 Å². The molecule has 0 unspecified atom stereocenters. The Labute approximate surface area is 174 Å². The van der Waals surface area contributed by atoms with E-state index < -0.39 is 23.2 Å². The number of nitrogens with zero attached hydrogens (tertiary/aromatic N) is 1. The average Bonchev–Trinajstić information content (AvgIpc) is 2.93. The number of benzene rings is 2. The van der Waals surface area contributed by atoms with Crippen LogP contribution in [-0.4, -0.2) is 33.2 Å². The molecule has 2 aromatic carbocycles. The monoisotopic (exact) mass is 409 g/mol. The van der Waals surface area contributed by atoms with Gasteiger partial charge in [-0.2, -0.15) is 0 Å². The van der Waals surface area contributed by atoms with Gasteiger partial charge in [0.25, 0.3) is 11.1 Å². The molecule has 29 heavy (non-hydrogen) atoms. The van der Waals surface area contributed by atoms with E-state index in [-0.39, 0.29) is 16.7 Å². The van der Waals surface area contributed by atoms with Crippen molar-refractivity contribution in [2.24, 2.45) is 0 Å². The largest absolute Gasteiger partial charge is 0.480 e. The minimum Gasteiger partial charge on any atom is -0.480 e. The Morgan fingerprint density at radius 2 is 1.69 bits per heavy atom. The summed E-state index contributed by atoms with van der Waals surface area (Å²) in [6.07, 6.45) is 1.71. The Hall–Kier alpha value is -2.86. The van der Waals surface area contributed by atoms with Gasteiger partial charge in [0, 0.05) is 6.42 Å². The van der Waals surface area contributed by atoms with E-state index in [9.17, 15) is 19.5 Å². The van der Waals surface area contributed by atoms with Crippen LogP contribution in [0.15, 0.2) is 59.5 Å². The Kier molecular flexibility index (Phi) is 5.94. The van der Waals surface area contributed by atoms with Crippen LogP contribution in [0.5, 0.6) is 0 Å². The average molecular weight is 410 g/mol. The van der Waals surface area contributed by atoms with Crippen molar-refractivity contribution in [1.82, 2.24) is 4.90 Å². The van der Waals surface area contributed by atoms with E-state index in [2.05, 4.69) is 20.8 Å². The van der Waals surface area contributed by atoms with E-state index in [1.54, 1.807) is 30.3 Å². The molecule has 1 N–H and O–H groups in total. The van der Waals surface area contributed by atoms with Gasteiger partial charge in [-0.15, -0.1) is 0 Å². The SMILES string of the molecule is CC(C)(C)c1ccc(/C=C2\SC(=O)N([C@@H](Cc3ccccc3)C(=O)O)C2=O)cc1. The highest BCUT2D eigenvalue weighted by Gasteiger charge is 2.42. The van der Waals surface area contributed by atoms with E-state index in [4.69, 9.17) is 0 Å². The van der Waals surface area contributed by atoms with Crippen molar-refractivity contribution in [3.05, 3.63) is 76.2 Å². The molecule has 0 bridgehead atoms. The number of carbonyl (C=O) groups excluding carboxylic acids is 2. The number of hydrogen-bond donors (Lipinski definition) is 1. The Morgan fingerprint density at radius 1 is 1.07 bits per heavy atom. The van der Waals surface area contributed by atoms with Crippen molar-refractivity contribution in [3.8, 4) is 0 Å². The first-order chi connectivity index (χ1) is 13.7. The van der Waals surface area contributed by atoms with Gasteiger partial charge in [-0.1, -0.05) is 75.4 Å². The molecule has 0 aromatic heterocycles. The predicted octanol–water partition coefficient (Wildman–Crippen LogP) is 4.72. The maximum Gasteiger partial charge on any atom is 0.327 e. The fourth-order valence-corrected chi connectivity index (χ4v) is 3.98. The number of rotatable bonds is 5. The summed E-state index contributed by atoms with van der Waals surface area (Å²) in [5.74, 6) is -1.77. The van der Waals surface area contributed by atoms with Crippen LogP contribution in [0.3, 0.4) is 0 Å². The van der Waals surface area contributed by atoms with Crippen molar-refractivity contribution in [2.45, 2.75) is 38.6 Å². The van der Waals surface area contributed by atoms with Crippen LogP contribution >= 0.6 is 11.8 Å². The second kappa shape index (κ2) is 8.25. The highest BCUT2D eigenvalue weighted by Crippen LogP contribution is 2.34. The number of carbonyl (C=O) groups is 3. The van der Waals surface area contributed by atoms with Crippen molar-refractivity contribution in [3.63, 3.8) is 0 Å². The van der Waals surface area contributed by atoms with Crippen molar-refractivity contribution >= 4 is 35.0 Å². The summed E-state index contributed by atoms with van der Waals surface area (Å²) < 4.78 is 0. The molecule has 150 valence electrons. The number of imide groups is 1. The second-order valence-electron chi connectivity index (χ2n) is 7.97. The molecule has 1 heterocycles. The lowest BCUT2D eigenvalue weighted by molar-refractivity contribution is -0.145. The highest BCUT2D eigenvalue weighted by atomic mass is 32.2. The molecule has 1 atom stereocenters. The lowest BCUT2D eigenvalue weighted by atomic mass is 9.87.